The molecule has 0 nitrogen and oxygen atoms in total. The molecule has 0 saturated carbocycles. The van der Waals surface area contributed by atoms with Crippen molar-refractivity contribution >= 4 is 11.1 Å². The zero-order valence-corrected chi connectivity index (χ0v) is 16.0. The standard InChI is InChI=1S/C27H24.3CH4/c1-5-8-16-24-19(4)20-14-9-11-17-25(20)27(24)23(7-3)21(13-6-2)22-15-10-12-18-26(22)27;;;/h5-18H,1,3H2,2,4H3;3*1H4/b13-6-,16-8-;;;. The molecular weight excluding hydrogens is 360 g/mol. The molecule has 0 heteroatoms. The molecule has 1 spiro atoms. The zero-order valence-electron chi connectivity index (χ0n) is 16.0. The topological polar surface area (TPSA) is 0 Å². The van der Waals surface area contributed by atoms with E-state index in [1.54, 1.807) is 0 Å². The molecule has 2 aliphatic rings. The maximum Gasteiger partial charge on any atom is 0.0721 e. The van der Waals surface area contributed by atoms with Gasteiger partial charge in [-0.15, -0.1) is 0 Å². The summed E-state index contributed by atoms with van der Waals surface area (Å²) >= 11 is 0. The van der Waals surface area contributed by atoms with Crippen LogP contribution in [0.3, 0.4) is 0 Å². The van der Waals surface area contributed by atoms with Crippen molar-refractivity contribution in [1.82, 2.24) is 0 Å². The Bertz CT molecular complexity index is 1070. The summed E-state index contributed by atoms with van der Waals surface area (Å²) < 4.78 is 0. The quantitative estimate of drug-likeness (QED) is 0.452. The molecule has 2 aromatic rings. The Labute approximate surface area is 184 Å². The molecular formula is C30H36. The van der Waals surface area contributed by atoms with E-state index in [1.807, 2.05) is 18.2 Å². The van der Waals surface area contributed by atoms with E-state index < -0.39 is 0 Å². The first-order valence-corrected chi connectivity index (χ1v) is 9.41. The second kappa shape index (κ2) is 9.59. The van der Waals surface area contributed by atoms with Crippen LogP contribution < -0.4 is 0 Å². The summed E-state index contributed by atoms with van der Waals surface area (Å²) in [6, 6.07) is 17.5. The highest BCUT2D eigenvalue weighted by Crippen LogP contribution is 2.61. The first kappa shape index (κ1) is 24.9. The van der Waals surface area contributed by atoms with Crippen molar-refractivity contribution in [2.24, 2.45) is 0 Å². The van der Waals surface area contributed by atoms with E-state index in [2.05, 4.69) is 93.8 Å². The third-order valence-electron chi connectivity index (χ3n) is 5.79. The van der Waals surface area contributed by atoms with Gasteiger partial charge in [-0.3, -0.25) is 0 Å². The molecule has 156 valence electrons. The predicted octanol–water partition coefficient (Wildman–Crippen LogP) is 8.94. The van der Waals surface area contributed by atoms with Gasteiger partial charge in [0.15, 0.2) is 0 Å². The third-order valence-corrected chi connectivity index (χ3v) is 5.79. The van der Waals surface area contributed by atoms with Gasteiger partial charge in [0.25, 0.3) is 0 Å². The SMILES string of the molecule is C.C.C.C=C/C=C\C1=C(C)c2ccccc2C12C(C=C)=C(/C=C\C)c1ccccc12. The predicted molar refractivity (Wildman–Crippen MR) is 138 cm³/mol. The van der Waals surface area contributed by atoms with E-state index in [-0.39, 0.29) is 27.7 Å². The Balaban J connectivity index is 0.00000150. The average Bonchev–Trinajstić information content (AvgIpc) is 3.12. The van der Waals surface area contributed by atoms with Crippen LogP contribution in [0.25, 0.3) is 11.1 Å². The van der Waals surface area contributed by atoms with E-state index in [0.717, 1.165) is 0 Å². The molecule has 0 saturated heterocycles. The monoisotopic (exact) mass is 396 g/mol. The van der Waals surface area contributed by atoms with Crippen LogP contribution in [-0.4, -0.2) is 0 Å². The molecule has 0 fully saturated rings. The molecule has 2 aromatic carbocycles. The molecule has 0 heterocycles. The summed E-state index contributed by atoms with van der Waals surface area (Å²) in [6.07, 6.45) is 12.5. The summed E-state index contributed by atoms with van der Waals surface area (Å²) in [4.78, 5) is 0. The summed E-state index contributed by atoms with van der Waals surface area (Å²) in [5.74, 6) is 0. The molecule has 0 radical (unpaired) electrons. The fourth-order valence-corrected chi connectivity index (χ4v) is 4.85. The molecule has 4 rings (SSSR count). The van der Waals surface area contributed by atoms with Gasteiger partial charge in [-0.05, 0) is 58.4 Å². The fraction of sp³-hybridized carbons (Fsp3) is 0.200. The van der Waals surface area contributed by atoms with E-state index >= 15 is 0 Å². The van der Waals surface area contributed by atoms with Crippen LogP contribution in [0.4, 0.5) is 0 Å². The van der Waals surface area contributed by atoms with Crippen molar-refractivity contribution in [1.29, 1.82) is 0 Å². The summed E-state index contributed by atoms with van der Waals surface area (Å²) in [6.45, 7) is 12.4. The van der Waals surface area contributed by atoms with E-state index in [1.165, 1.54) is 44.5 Å². The molecule has 0 bridgehead atoms. The molecule has 0 aromatic heterocycles. The van der Waals surface area contributed by atoms with E-state index in [0.29, 0.717) is 0 Å². The second-order valence-corrected chi connectivity index (χ2v) is 7.01. The summed E-state index contributed by atoms with van der Waals surface area (Å²) in [5, 5.41) is 0. The Morgan fingerprint density at radius 2 is 1.33 bits per heavy atom. The number of benzene rings is 2. The maximum atomic E-state index is 4.23. The average molecular weight is 397 g/mol. The van der Waals surface area contributed by atoms with Crippen molar-refractivity contribution in [3.05, 3.63) is 132 Å². The number of hydrogen-bond donors (Lipinski definition) is 0. The van der Waals surface area contributed by atoms with Crippen LogP contribution in [0.1, 0.15) is 58.4 Å². The first-order chi connectivity index (χ1) is 13.2. The molecule has 0 N–H and O–H groups in total. The van der Waals surface area contributed by atoms with Crippen molar-refractivity contribution in [3.8, 4) is 0 Å². The number of allylic oxidation sites excluding steroid dienone is 10. The normalized spacial score (nSPS) is 18.7. The van der Waals surface area contributed by atoms with Crippen LogP contribution in [0.15, 0.2) is 109 Å². The minimum atomic E-state index is -0.312. The van der Waals surface area contributed by atoms with Crippen LogP contribution in [0.2, 0.25) is 0 Å². The van der Waals surface area contributed by atoms with Crippen LogP contribution >= 0.6 is 0 Å². The Morgan fingerprint density at radius 1 is 0.767 bits per heavy atom. The minimum Gasteiger partial charge on any atom is -0.0991 e. The van der Waals surface area contributed by atoms with E-state index in [4.69, 9.17) is 0 Å². The lowest BCUT2D eigenvalue weighted by Gasteiger charge is -2.32. The molecule has 0 amide bonds. The van der Waals surface area contributed by atoms with Crippen LogP contribution in [0.5, 0.6) is 0 Å². The lowest BCUT2D eigenvalue weighted by molar-refractivity contribution is 0.779. The number of hydrogen-bond acceptors (Lipinski definition) is 0. The third kappa shape index (κ3) is 3.08. The minimum absolute atomic E-state index is 0. The van der Waals surface area contributed by atoms with Gasteiger partial charge in [0.2, 0.25) is 0 Å². The van der Waals surface area contributed by atoms with Crippen molar-refractivity contribution < 1.29 is 0 Å². The largest absolute Gasteiger partial charge is 0.0991 e. The number of rotatable bonds is 4. The number of fused-ring (bicyclic) bond motifs is 4. The Kier molecular flexibility index (Phi) is 7.96. The van der Waals surface area contributed by atoms with E-state index in [9.17, 15) is 0 Å². The summed E-state index contributed by atoms with van der Waals surface area (Å²) in [7, 11) is 0. The van der Waals surface area contributed by atoms with Crippen LogP contribution in [0, 0.1) is 0 Å². The highest BCUT2D eigenvalue weighted by Gasteiger charge is 2.51. The lowest BCUT2D eigenvalue weighted by atomic mass is 9.68. The molecule has 30 heavy (non-hydrogen) atoms. The Morgan fingerprint density at radius 3 is 1.90 bits per heavy atom. The van der Waals surface area contributed by atoms with Crippen LogP contribution in [-0.2, 0) is 5.41 Å². The zero-order chi connectivity index (χ0) is 19.0. The highest BCUT2D eigenvalue weighted by molar-refractivity contribution is 5.97. The first-order valence-electron chi connectivity index (χ1n) is 9.41. The van der Waals surface area contributed by atoms with Gasteiger partial charge < -0.3 is 0 Å². The van der Waals surface area contributed by atoms with Gasteiger partial charge in [-0.1, -0.05) is 120 Å². The fourth-order valence-electron chi connectivity index (χ4n) is 4.85. The Hall–Kier alpha value is -3.12. The lowest BCUT2D eigenvalue weighted by Crippen LogP contribution is -2.27. The molecule has 2 aliphatic carbocycles. The highest BCUT2D eigenvalue weighted by atomic mass is 14.5. The van der Waals surface area contributed by atoms with Gasteiger partial charge in [-0.2, -0.15) is 0 Å². The van der Waals surface area contributed by atoms with Gasteiger partial charge >= 0.3 is 0 Å². The van der Waals surface area contributed by atoms with Crippen molar-refractivity contribution in [2.75, 3.05) is 0 Å². The van der Waals surface area contributed by atoms with Gasteiger partial charge in [-0.25, -0.2) is 0 Å². The molecule has 1 unspecified atom stereocenters. The van der Waals surface area contributed by atoms with Crippen molar-refractivity contribution in [3.63, 3.8) is 0 Å². The van der Waals surface area contributed by atoms with Gasteiger partial charge in [0.05, 0.1) is 5.41 Å². The van der Waals surface area contributed by atoms with Crippen molar-refractivity contribution in [2.45, 2.75) is 41.5 Å². The van der Waals surface area contributed by atoms with Gasteiger partial charge in [0, 0.05) is 0 Å². The second-order valence-electron chi connectivity index (χ2n) is 7.01. The summed E-state index contributed by atoms with van der Waals surface area (Å²) in [5.41, 5.74) is 10.1. The van der Waals surface area contributed by atoms with Gasteiger partial charge in [0.1, 0.15) is 0 Å². The maximum absolute atomic E-state index is 4.23. The molecule has 1 atom stereocenters. The smallest absolute Gasteiger partial charge is 0.0721 e. The molecule has 0 aliphatic heterocycles.